The molecule has 2 rings (SSSR count). The van der Waals surface area contributed by atoms with Crippen molar-refractivity contribution in [1.82, 2.24) is 0 Å². The lowest BCUT2D eigenvalue weighted by molar-refractivity contribution is 0.0245. The Kier molecular flexibility index (Phi) is 4.11. The summed E-state index contributed by atoms with van der Waals surface area (Å²) in [5, 5.41) is 0. The van der Waals surface area contributed by atoms with Crippen molar-refractivity contribution in [2.24, 2.45) is 11.8 Å². The van der Waals surface area contributed by atoms with Crippen LogP contribution in [0.25, 0.3) is 0 Å². The molecule has 1 nitrogen and oxygen atoms in total. The van der Waals surface area contributed by atoms with E-state index in [-0.39, 0.29) is 5.41 Å². The lowest BCUT2D eigenvalue weighted by atomic mass is 9.82. The number of benzene rings is 1. The summed E-state index contributed by atoms with van der Waals surface area (Å²) < 4.78 is 5.53. The second kappa shape index (κ2) is 5.44. The van der Waals surface area contributed by atoms with E-state index in [0.717, 1.165) is 19.1 Å². The van der Waals surface area contributed by atoms with Crippen LogP contribution in [0, 0.1) is 11.8 Å². The molecule has 0 radical (unpaired) electrons. The van der Waals surface area contributed by atoms with Gasteiger partial charge in [0.1, 0.15) is 0 Å². The Morgan fingerprint density at radius 2 is 2.06 bits per heavy atom. The van der Waals surface area contributed by atoms with Gasteiger partial charge in [0.2, 0.25) is 0 Å². The molecular weight excluding hydrogens is 220 g/mol. The summed E-state index contributed by atoms with van der Waals surface area (Å²) in [4.78, 5) is 0. The summed E-state index contributed by atoms with van der Waals surface area (Å²) in [7, 11) is 0. The molecule has 0 N–H and O–H groups in total. The van der Waals surface area contributed by atoms with Crippen LogP contribution in [0.15, 0.2) is 24.3 Å². The van der Waals surface area contributed by atoms with Gasteiger partial charge in [-0.1, -0.05) is 52.0 Å². The van der Waals surface area contributed by atoms with Crippen LogP contribution in [-0.2, 0) is 16.6 Å². The highest BCUT2D eigenvalue weighted by Gasteiger charge is 2.22. The molecule has 1 saturated heterocycles. The summed E-state index contributed by atoms with van der Waals surface area (Å²) in [6.45, 7) is 11.0. The largest absolute Gasteiger partial charge is 0.381 e. The molecule has 1 aliphatic rings. The number of ether oxygens (including phenoxy) is 1. The molecule has 1 heterocycles. The first-order valence-electron chi connectivity index (χ1n) is 7.14. The molecule has 0 spiro atoms. The van der Waals surface area contributed by atoms with Crippen molar-refractivity contribution in [3.8, 4) is 0 Å². The number of hydrogen-bond acceptors (Lipinski definition) is 1. The van der Waals surface area contributed by atoms with Gasteiger partial charge in [-0.2, -0.15) is 0 Å². The molecule has 2 atom stereocenters. The van der Waals surface area contributed by atoms with Gasteiger partial charge >= 0.3 is 0 Å². The molecule has 1 fully saturated rings. The smallest absolute Gasteiger partial charge is 0.0494 e. The minimum atomic E-state index is 0.247. The molecule has 1 aromatic rings. The van der Waals surface area contributed by atoms with E-state index >= 15 is 0 Å². The van der Waals surface area contributed by atoms with Crippen LogP contribution in [0.5, 0.6) is 0 Å². The third-order valence-electron chi connectivity index (χ3n) is 4.11. The van der Waals surface area contributed by atoms with E-state index in [9.17, 15) is 0 Å². The van der Waals surface area contributed by atoms with Crippen molar-refractivity contribution in [1.29, 1.82) is 0 Å². The van der Waals surface area contributed by atoms with Gasteiger partial charge in [-0.25, -0.2) is 0 Å². The van der Waals surface area contributed by atoms with Crippen LogP contribution in [0.4, 0.5) is 0 Å². The molecule has 1 heteroatoms. The maximum atomic E-state index is 5.53. The van der Waals surface area contributed by atoms with Gasteiger partial charge in [0, 0.05) is 13.2 Å². The first kappa shape index (κ1) is 13.6. The lowest BCUT2D eigenvalue weighted by Gasteiger charge is -2.29. The van der Waals surface area contributed by atoms with Gasteiger partial charge in [0.05, 0.1) is 0 Å². The quantitative estimate of drug-likeness (QED) is 0.760. The van der Waals surface area contributed by atoms with Crippen LogP contribution in [0.3, 0.4) is 0 Å². The van der Waals surface area contributed by atoms with Gasteiger partial charge in [0.25, 0.3) is 0 Å². The van der Waals surface area contributed by atoms with Crippen molar-refractivity contribution in [2.75, 3.05) is 13.2 Å². The highest BCUT2D eigenvalue weighted by molar-refractivity contribution is 5.29. The zero-order valence-corrected chi connectivity index (χ0v) is 12.2. The van der Waals surface area contributed by atoms with Crippen LogP contribution in [0.2, 0.25) is 0 Å². The molecule has 1 aliphatic heterocycles. The second-order valence-corrected chi connectivity index (χ2v) is 6.76. The predicted molar refractivity (Wildman–Crippen MR) is 76.9 cm³/mol. The standard InChI is InChI=1S/C17H26O/c1-13-12-18-9-8-15(13)10-14-6-5-7-16(11-14)17(2,3)4/h5-7,11,13,15H,8-10,12H2,1-4H3/t13-,15?/m1/s1. The molecule has 100 valence electrons. The van der Waals surface area contributed by atoms with E-state index in [0.29, 0.717) is 5.92 Å². The zero-order chi connectivity index (χ0) is 13.2. The Labute approximate surface area is 112 Å². The van der Waals surface area contributed by atoms with E-state index in [1.807, 2.05) is 0 Å². The monoisotopic (exact) mass is 246 g/mol. The van der Waals surface area contributed by atoms with E-state index < -0.39 is 0 Å². The molecular formula is C17H26O. The van der Waals surface area contributed by atoms with Crippen LogP contribution in [0.1, 0.15) is 45.2 Å². The Balaban J connectivity index is 2.09. The number of rotatable bonds is 2. The average molecular weight is 246 g/mol. The minimum absolute atomic E-state index is 0.247. The van der Waals surface area contributed by atoms with Crippen molar-refractivity contribution >= 4 is 0 Å². The van der Waals surface area contributed by atoms with Gasteiger partial charge < -0.3 is 4.74 Å². The highest BCUT2D eigenvalue weighted by atomic mass is 16.5. The maximum Gasteiger partial charge on any atom is 0.0494 e. The third kappa shape index (κ3) is 3.35. The van der Waals surface area contributed by atoms with E-state index in [1.54, 1.807) is 0 Å². The fourth-order valence-electron chi connectivity index (χ4n) is 2.70. The fourth-order valence-corrected chi connectivity index (χ4v) is 2.70. The molecule has 1 aromatic carbocycles. The molecule has 1 unspecified atom stereocenters. The molecule has 0 aromatic heterocycles. The van der Waals surface area contributed by atoms with Gasteiger partial charge in [-0.3, -0.25) is 0 Å². The predicted octanol–water partition coefficient (Wildman–Crippen LogP) is 4.20. The van der Waals surface area contributed by atoms with Crippen LogP contribution >= 0.6 is 0 Å². The molecule has 18 heavy (non-hydrogen) atoms. The van der Waals surface area contributed by atoms with Gasteiger partial charge in [-0.15, -0.1) is 0 Å². The summed E-state index contributed by atoms with van der Waals surface area (Å²) in [6.07, 6.45) is 2.41. The second-order valence-electron chi connectivity index (χ2n) is 6.76. The van der Waals surface area contributed by atoms with Crippen LogP contribution < -0.4 is 0 Å². The average Bonchev–Trinajstić information content (AvgIpc) is 2.31. The van der Waals surface area contributed by atoms with Crippen molar-refractivity contribution in [3.63, 3.8) is 0 Å². The minimum Gasteiger partial charge on any atom is -0.381 e. The third-order valence-corrected chi connectivity index (χ3v) is 4.11. The Bertz CT molecular complexity index is 389. The highest BCUT2D eigenvalue weighted by Crippen LogP contribution is 2.28. The van der Waals surface area contributed by atoms with E-state index in [4.69, 9.17) is 4.74 Å². The lowest BCUT2D eigenvalue weighted by Crippen LogP contribution is -2.26. The van der Waals surface area contributed by atoms with Crippen LogP contribution in [-0.4, -0.2) is 13.2 Å². The Morgan fingerprint density at radius 3 is 2.72 bits per heavy atom. The molecule has 0 aliphatic carbocycles. The van der Waals surface area contributed by atoms with E-state index in [1.165, 1.54) is 24.0 Å². The van der Waals surface area contributed by atoms with E-state index in [2.05, 4.69) is 52.0 Å². The SMILES string of the molecule is C[C@@H]1COCCC1Cc1cccc(C(C)(C)C)c1. The Morgan fingerprint density at radius 1 is 1.28 bits per heavy atom. The molecule has 0 bridgehead atoms. The van der Waals surface area contributed by atoms with Crippen molar-refractivity contribution in [3.05, 3.63) is 35.4 Å². The topological polar surface area (TPSA) is 9.23 Å². The first-order valence-corrected chi connectivity index (χ1v) is 7.14. The van der Waals surface area contributed by atoms with Crippen molar-refractivity contribution in [2.45, 2.75) is 46.0 Å². The molecule has 0 saturated carbocycles. The summed E-state index contributed by atoms with van der Waals surface area (Å²) in [6, 6.07) is 9.12. The Hall–Kier alpha value is -0.820. The zero-order valence-electron chi connectivity index (χ0n) is 12.2. The number of hydrogen-bond donors (Lipinski definition) is 0. The van der Waals surface area contributed by atoms with Gasteiger partial charge in [0.15, 0.2) is 0 Å². The maximum absolute atomic E-state index is 5.53. The summed E-state index contributed by atoms with van der Waals surface area (Å²) in [5.74, 6) is 1.48. The first-order chi connectivity index (χ1) is 8.47. The normalized spacial score (nSPS) is 25.1. The molecule has 0 amide bonds. The van der Waals surface area contributed by atoms with Crippen molar-refractivity contribution < 1.29 is 4.74 Å². The summed E-state index contributed by atoms with van der Waals surface area (Å²) >= 11 is 0. The van der Waals surface area contributed by atoms with Gasteiger partial charge in [-0.05, 0) is 41.2 Å². The fraction of sp³-hybridized carbons (Fsp3) is 0.647. The summed E-state index contributed by atoms with van der Waals surface area (Å²) in [5.41, 5.74) is 3.18.